The summed E-state index contributed by atoms with van der Waals surface area (Å²) in [5.74, 6) is 2.43. The van der Waals surface area contributed by atoms with Gasteiger partial charge in [-0.3, -0.25) is 4.99 Å². The molecule has 7 nitrogen and oxygen atoms in total. The van der Waals surface area contributed by atoms with Crippen molar-refractivity contribution < 1.29 is 9.47 Å². The van der Waals surface area contributed by atoms with Gasteiger partial charge in [0.15, 0.2) is 5.96 Å². The van der Waals surface area contributed by atoms with Crippen LogP contribution in [0.25, 0.3) is 0 Å². The summed E-state index contributed by atoms with van der Waals surface area (Å²) < 4.78 is 10.8. The quantitative estimate of drug-likeness (QED) is 0.339. The second kappa shape index (κ2) is 10.9. The number of rotatable bonds is 6. The van der Waals surface area contributed by atoms with E-state index in [-0.39, 0.29) is 24.0 Å². The zero-order valence-corrected chi connectivity index (χ0v) is 20.8. The smallest absolute Gasteiger partial charge is 0.191 e. The first-order chi connectivity index (χ1) is 13.5. The molecule has 0 spiro atoms. The summed E-state index contributed by atoms with van der Waals surface area (Å²) in [6.07, 6.45) is 1.04. The van der Waals surface area contributed by atoms with Gasteiger partial charge in [-0.2, -0.15) is 0 Å². The second-order valence-corrected chi connectivity index (χ2v) is 8.10. The fraction of sp³-hybridized carbons (Fsp3) is 0.500. The maximum absolute atomic E-state index is 5.40. The third-order valence-corrected chi connectivity index (χ3v) is 5.94. The van der Waals surface area contributed by atoms with Crippen LogP contribution in [-0.4, -0.2) is 51.3 Å². The van der Waals surface area contributed by atoms with Gasteiger partial charge in [-0.05, 0) is 20.3 Å². The molecule has 0 amide bonds. The van der Waals surface area contributed by atoms with Gasteiger partial charge in [0.25, 0.3) is 0 Å². The van der Waals surface area contributed by atoms with Gasteiger partial charge in [-0.1, -0.05) is 0 Å². The lowest BCUT2D eigenvalue weighted by molar-refractivity contribution is 0.394. The van der Waals surface area contributed by atoms with Crippen molar-refractivity contribution in [2.45, 2.75) is 32.9 Å². The molecule has 1 saturated heterocycles. The highest BCUT2D eigenvalue weighted by Gasteiger charge is 2.24. The van der Waals surface area contributed by atoms with Crippen molar-refractivity contribution >= 4 is 47.0 Å². The fourth-order valence-electron chi connectivity index (χ4n) is 3.38. The molecule has 0 aliphatic carbocycles. The summed E-state index contributed by atoms with van der Waals surface area (Å²) in [7, 11) is 5.16. The number of benzene rings is 1. The molecule has 1 unspecified atom stereocenters. The van der Waals surface area contributed by atoms with E-state index in [1.165, 1.54) is 4.88 Å². The van der Waals surface area contributed by atoms with Gasteiger partial charge >= 0.3 is 0 Å². The fourth-order valence-corrected chi connectivity index (χ4v) is 4.25. The molecule has 29 heavy (non-hydrogen) atoms. The zero-order valence-electron chi connectivity index (χ0n) is 17.6. The van der Waals surface area contributed by atoms with Crippen LogP contribution in [0.5, 0.6) is 11.5 Å². The van der Waals surface area contributed by atoms with E-state index < -0.39 is 0 Å². The molecule has 2 heterocycles. The number of aliphatic imine (C=N–C) groups is 1. The van der Waals surface area contributed by atoms with E-state index in [4.69, 9.17) is 9.47 Å². The molecule has 0 saturated carbocycles. The standard InChI is InChI=1S/C20H29N5O2S.HI/c1-13-19(28-14(2)23-13)11-22-20(21-3)24-15-6-7-25(12-15)16-8-17(26-4)10-18(9-16)27-5;/h8-10,15H,6-7,11-12H2,1-5H3,(H2,21,22,24);1H. The molecule has 3 rings (SSSR count). The summed E-state index contributed by atoms with van der Waals surface area (Å²) in [6, 6.07) is 6.32. The van der Waals surface area contributed by atoms with Crippen molar-refractivity contribution in [2.24, 2.45) is 4.99 Å². The van der Waals surface area contributed by atoms with Crippen LogP contribution in [0.4, 0.5) is 5.69 Å². The molecular weight excluding hydrogens is 501 g/mol. The molecule has 2 N–H and O–H groups in total. The average Bonchev–Trinajstić information content (AvgIpc) is 3.30. The van der Waals surface area contributed by atoms with Gasteiger partial charge in [0.2, 0.25) is 0 Å². The van der Waals surface area contributed by atoms with Crippen LogP contribution in [0.1, 0.15) is 22.0 Å². The summed E-state index contributed by atoms with van der Waals surface area (Å²) in [6.45, 7) is 6.69. The van der Waals surface area contributed by atoms with Crippen molar-refractivity contribution in [3.8, 4) is 11.5 Å². The van der Waals surface area contributed by atoms with Crippen LogP contribution in [0, 0.1) is 13.8 Å². The van der Waals surface area contributed by atoms with E-state index in [2.05, 4.69) is 25.5 Å². The van der Waals surface area contributed by atoms with E-state index in [1.54, 1.807) is 32.6 Å². The first-order valence-electron chi connectivity index (χ1n) is 9.40. The molecule has 0 bridgehead atoms. The number of methoxy groups -OCH3 is 2. The van der Waals surface area contributed by atoms with E-state index in [9.17, 15) is 0 Å². The molecule has 0 radical (unpaired) electrons. The van der Waals surface area contributed by atoms with Gasteiger partial charge in [0.05, 0.1) is 31.5 Å². The van der Waals surface area contributed by atoms with Crippen LogP contribution < -0.4 is 25.0 Å². The highest BCUT2D eigenvalue weighted by atomic mass is 127. The third-order valence-electron chi connectivity index (χ3n) is 4.87. The van der Waals surface area contributed by atoms with E-state index in [0.29, 0.717) is 6.04 Å². The van der Waals surface area contributed by atoms with E-state index in [1.807, 2.05) is 32.0 Å². The number of nitrogens with one attached hydrogen (secondary N) is 2. The Balaban J connectivity index is 0.00000300. The normalized spacial score (nSPS) is 16.4. The summed E-state index contributed by atoms with van der Waals surface area (Å²) in [4.78, 5) is 12.4. The van der Waals surface area contributed by atoms with Crippen LogP contribution >= 0.6 is 35.3 Å². The number of guanidine groups is 1. The Hall–Kier alpha value is -1.75. The Morgan fingerprint density at radius 3 is 2.48 bits per heavy atom. The molecular formula is C20H30IN5O2S. The molecule has 9 heteroatoms. The van der Waals surface area contributed by atoms with Gasteiger partial charge in [-0.15, -0.1) is 35.3 Å². The number of hydrogen-bond acceptors (Lipinski definition) is 6. The van der Waals surface area contributed by atoms with Crippen molar-refractivity contribution in [1.82, 2.24) is 15.6 Å². The monoisotopic (exact) mass is 531 g/mol. The molecule has 1 aromatic carbocycles. The Morgan fingerprint density at radius 2 is 1.93 bits per heavy atom. The maximum Gasteiger partial charge on any atom is 0.191 e. The highest BCUT2D eigenvalue weighted by Crippen LogP contribution is 2.30. The lowest BCUT2D eigenvalue weighted by Gasteiger charge is -2.21. The molecule has 1 aliphatic rings. The predicted molar refractivity (Wildman–Crippen MR) is 131 cm³/mol. The second-order valence-electron chi connectivity index (χ2n) is 6.81. The lowest BCUT2D eigenvalue weighted by Crippen LogP contribution is -2.44. The van der Waals surface area contributed by atoms with Crippen LogP contribution in [0.3, 0.4) is 0 Å². The summed E-state index contributed by atoms with van der Waals surface area (Å²) >= 11 is 1.73. The lowest BCUT2D eigenvalue weighted by atomic mass is 10.2. The minimum Gasteiger partial charge on any atom is -0.497 e. The molecule has 1 fully saturated rings. The number of anilines is 1. The molecule has 1 aliphatic heterocycles. The van der Waals surface area contributed by atoms with Gasteiger partial charge in [0, 0.05) is 54.9 Å². The van der Waals surface area contributed by atoms with Crippen molar-refractivity contribution in [3.05, 3.63) is 33.8 Å². The zero-order chi connectivity index (χ0) is 20.1. The predicted octanol–water partition coefficient (Wildman–Crippen LogP) is 3.34. The number of aryl methyl sites for hydroxylation is 2. The number of ether oxygens (including phenoxy) is 2. The summed E-state index contributed by atoms with van der Waals surface area (Å²) in [5, 5.41) is 8.04. The number of thiazole rings is 1. The summed E-state index contributed by atoms with van der Waals surface area (Å²) in [5.41, 5.74) is 2.20. The number of hydrogen-bond donors (Lipinski definition) is 2. The van der Waals surface area contributed by atoms with Crippen LogP contribution in [0.15, 0.2) is 23.2 Å². The van der Waals surface area contributed by atoms with Gasteiger partial charge in [0.1, 0.15) is 11.5 Å². The Labute approximate surface area is 193 Å². The van der Waals surface area contributed by atoms with E-state index in [0.717, 1.165) is 59.9 Å². The van der Waals surface area contributed by atoms with Gasteiger partial charge < -0.3 is 25.0 Å². The Morgan fingerprint density at radius 1 is 1.24 bits per heavy atom. The number of nitrogens with zero attached hydrogens (tertiary/aromatic N) is 3. The number of aromatic nitrogens is 1. The van der Waals surface area contributed by atoms with Crippen molar-refractivity contribution in [2.75, 3.05) is 39.3 Å². The van der Waals surface area contributed by atoms with Crippen LogP contribution in [0.2, 0.25) is 0 Å². The highest BCUT2D eigenvalue weighted by molar-refractivity contribution is 14.0. The third kappa shape index (κ3) is 6.11. The Bertz CT molecular complexity index is 820. The molecule has 160 valence electrons. The SMILES string of the molecule is CN=C(NCc1sc(C)nc1C)NC1CCN(c2cc(OC)cc(OC)c2)C1.I. The van der Waals surface area contributed by atoms with Crippen molar-refractivity contribution in [1.29, 1.82) is 0 Å². The number of halogens is 1. The molecule has 2 aromatic rings. The minimum atomic E-state index is 0. The van der Waals surface area contributed by atoms with E-state index >= 15 is 0 Å². The molecule has 1 atom stereocenters. The maximum atomic E-state index is 5.40. The average molecular weight is 531 g/mol. The largest absolute Gasteiger partial charge is 0.497 e. The Kier molecular flexibility index (Phi) is 8.81. The van der Waals surface area contributed by atoms with Crippen LogP contribution in [-0.2, 0) is 6.54 Å². The first kappa shape index (κ1) is 23.5. The first-order valence-corrected chi connectivity index (χ1v) is 10.2. The van der Waals surface area contributed by atoms with Gasteiger partial charge in [-0.25, -0.2) is 4.98 Å². The topological polar surface area (TPSA) is 71.0 Å². The van der Waals surface area contributed by atoms with Crippen molar-refractivity contribution in [3.63, 3.8) is 0 Å². The molecule has 1 aromatic heterocycles. The minimum absolute atomic E-state index is 0.